The van der Waals surface area contributed by atoms with Gasteiger partial charge >= 0.3 is 0 Å². The van der Waals surface area contributed by atoms with Gasteiger partial charge in [-0.3, -0.25) is 9.36 Å². The average Bonchev–Trinajstić information content (AvgIpc) is 2.78. The summed E-state index contributed by atoms with van der Waals surface area (Å²) in [4.78, 5) is 23.2. The van der Waals surface area contributed by atoms with Crippen LogP contribution in [0.4, 0.5) is 0 Å². The van der Waals surface area contributed by atoms with Gasteiger partial charge in [0.15, 0.2) is 10.8 Å². The van der Waals surface area contributed by atoms with Crippen molar-refractivity contribution in [1.29, 1.82) is 0 Å². The van der Waals surface area contributed by atoms with Crippen LogP contribution in [0.1, 0.15) is 29.7 Å². The monoisotopic (exact) mass is 467 g/mol. The number of thioether (sulfide) groups is 1. The molecule has 1 aliphatic carbocycles. The van der Waals surface area contributed by atoms with E-state index in [1.807, 2.05) is 54.6 Å². The molecular weight excluding hydrogens is 449 g/mol. The molecule has 0 N–H and O–H groups in total. The molecule has 31 heavy (non-hydrogen) atoms. The Hall–Kier alpha value is -2.34. The molecule has 7 heteroatoms. The Bertz CT molecular complexity index is 1320. The van der Waals surface area contributed by atoms with Gasteiger partial charge in [-0.1, -0.05) is 59.2 Å². The number of fused-ring (bicyclic) bond motifs is 2. The summed E-state index contributed by atoms with van der Waals surface area (Å²) in [6, 6.07) is 17.0. The fraction of sp³-hybridized carbons (Fsp3) is 0.208. The van der Waals surface area contributed by atoms with Crippen molar-refractivity contribution in [2.75, 3.05) is 0 Å². The van der Waals surface area contributed by atoms with E-state index in [2.05, 4.69) is 0 Å². The zero-order chi connectivity index (χ0) is 21.4. The number of nitrogens with zero attached hydrogens (tertiary/aromatic N) is 3. The Morgan fingerprint density at radius 1 is 0.935 bits per heavy atom. The van der Waals surface area contributed by atoms with Gasteiger partial charge in [0.05, 0.1) is 11.1 Å². The van der Waals surface area contributed by atoms with E-state index in [1.165, 1.54) is 17.3 Å². The van der Waals surface area contributed by atoms with Crippen molar-refractivity contribution in [1.82, 2.24) is 14.5 Å². The predicted octanol–water partition coefficient (Wildman–Crippen LogP) is 6.26. The lowest BCUT2D eigenvalue weighted by molar-refractivity contribution is 0.669. The molecule has 2 aromatic carbocycles. The van der Waals surface area contributed by atoms with Crippen molar-refractivity contribution < 1.29 is 0 Å². The summed E-state index contributed by atoms with van der Waals surface area (Å²) >= 11 is 14.2. The van der Waals surface area contributed by atoms with Crippen LogP contribution in [0.5, 0.6) is 0 Å². The van der Waals surface area contributed by atoms with Crippen LogP contribution in [0.25, 0.3) is 16.7 Å². The van der Waals surface area contributed by atoms with Crippen LogP contribution in [0.2, 0.25) is 10.0 Å². The quantitative estimate of drug-likeness (QED) is 0.262. The third kappa shape index (κ3) is 3.98. The molecule has 2 aromatic heterocycles. The molecule has 0 aliphatic heterocycles. The number of hydrogen-bond acceptors (Lipinski definition) is 4. The molecule has 4 nitrogen and oxygen atoms in total. The van der Waals surface area contributed by atoms with Crippen molar-refractivity contribution in [3.8, 4) is 5.69 Å². The van der Waals surface area contributed by atoms with E-state index in [0.717, 1.165) is 42.6 Å². The molecule has 0 unspecified atom stereocenters. The zero-order valence-corrected chi connectivity index (χ0v) is 19.0. The Kier molecular flexibility index (Phi) is 5.74. The molecule has 0 spiro atoms. The first kappa shape index (κ1) is 20.6. The van der Waals surface area contributed by atoms with Gasteiger partial charge in [-0.05, 0) is 67.1 Å². The summed E-state index contributed by atoms with van der Waals surface area (Å²) in [5.41, 5.74) is 4.22. The van der Waals surface area contributed by atoms with Crippen LogP contribution in [-0.2, 0) is 18.6 Å². The Labute approximate surface area is 194 Å². The summed E-state index contributed by atoms with van der Waals surface area (Å²) in [5.74, 6) is 0.494. The number of benzene rings is 2. The van der Waals surface area contributed by atoms with E-state index < -0.39 is 0 Å². The maximum absolute atomic E-state index is 13.6. The van der Waals surface area contributed by atoms with E-state index in [4.69, 9.17) is 33.2 Å². The van der Waals surface area contributed by atoms with E-state index in [0.29, 0.717) is 32.0 Å². The van der Waals surface area contributed by atoms with Crippen LogP contribution < -0.4 is 5.56 Å². The number of halogens is 2. The first-order valence-electron chi connectivity index (χ1n) is 10.2. The fourth-order valence-electron chi connectivity index (χ4n) is 3.92. The van der Waals surface area contributed by atoms with Gasteiger partial charge in [0.1, 0.15) is 0 Å². The highest BCUT2D eigenvalue weighted by Gasteiger charge is 2.19. The maximum Gasteiger partial charge on any atom is 0.268 e. The summed E-state index contributed by atoms with van der Waals surface area (Å²) in [7, 11) is 0. The molecule has 0 radical (unpaired) electrons. The first-order chi connectivity index (χ1) is 15.1. The zero-order valence-electron chi connectivity index (χ0n) is 16.6. The van der Waals surface area contributed by atoms with Gasteiger partial charge in [-0.15, -0.1) is 0 Å². The normalized spacial score (nSPS) is 13.4. The minimum atomic E-state index is -0.107. The average molecular weight is 468 g/mol. The van der Waals surface area contributed by atoms with E-state index in [-0.39, 0.29) is 5.56 Å². The fourth-order valence-corrected chi connectivity index (χ4v) is 5.66. The van der Waals surface area contributed by atoms with Crippen molar-refractivity contribution >= 4 is 46.0 Å². The molecule has 0 bridgehead atoms. The third-order valence-electron chi connectivity index (χ3n) is 5.53. The van der Waals surface area contributed by atoms with Crippen molar-refractivity contribution in [2.24, 2.45) is 0 Å². The molecule has 0 fully saturated rings. The van der Waals surface area contributed by atoms with E-state index >= 15 is 0 Å². The van der Waals surface area contributed by atoms with Crippen molar-refractivity contribution in [3.05, 3.63) is 91.8 Å². The second-order valence-corrected chi connectivity index (χ2v) is 9.29. The SMILES string of the molecule is O=c1c2cc3c(nc2nc(SCc2c(Cl)cccc2Cl)n1-c1ccccc1)CCCC3. The minimum Gasteiger partial charge on any atom is -0.268 e. The molecule has 0 saturated heterocycles. The van der Waals surface area contributed by atoms with Gasteiger partial charge in [0, 0.05) is 21.5 Å². The summed E-state index contributed by atoms with van der Waals surface area (Å²) in [5, 5.41) is 2.33. The third-order valence-corrected chi connectivity index (χ3v) is 7.20. The second-order valence-electron chi connectivity index (χ2n) is 7.53. The lowest BCUT2D eigenvalue weighted by Gasteiger charge is -2.17. The molecule has 0 saturated carbocycles. The Morgan fingerprint density at radius 3 is 2.45 bits per heavy atom. The van der Waals surface area contributed by atoms with Crippen LogP contribution in [0.3, 0.4) is 0 Å². The Morgan fingerprint density at radius 2 is 1.68 bits per heavy atom. The topological polar surface area (TPSA) is 47.8 Å². The van der Waals surface area contributed by atoms with Crippen LogP contribution in [-0.4, -0.2) is 14.5 Å². The number of aromatic nitrogens is 3. The summed E-state index contributed by atoms with van der Waals surface area (Å²) in [6.45, 7) is 0. The number of rotatable bonds is 4. The molecule has 156 valence electrons. The standard InChI is InChI=1S/C24H19Cl2N3OS/c25-19-10-6-11-20(26)18(19)14-31-24-28-22-17(13-15-7-4-5-12-21(15)27-22)23(30)29(24)16-8-2-1-3-9-16/h1-3,6,8-11,13H,4-5,7,12,14H2. The second kappa shape index (κ2) is 8.65. The number of aryl methyl sites for hydroxylation is 2. The van der Waals surface area contributed by atoms with Gasteiger partial charge < -0.3 is 0 Å². The van der Waals surface area contributed by atoms with Crippen molar-refractivity contribution in [2.45, 2.75) is 36.6 Å². The van der Waals surface area contributed by atoms with Gasteiger partial charge in [-0.2, -0.15) is 0 Å². The van der Waals surface area contributed by atoms with E-state index in [9.17, 15) is 4.79 Å². The number of pyridine rings is 1. The molecule has 2 heterocycles. The lowest BCUT2D eigenvalue weighted by Crippen LogP contribution is -2.23. The number of hydrogen-bond donors (Lipinski definition) is 0. The molecule has 4 aromatic rings. The smallest absolute Gasteiger partial charge is 0.268 e. The summed E-state index contributed by atoms with van der Waals surface area (Å²) in [6.07, 6.45) is 4.16. The lowest BCUT2D eigenvalue weighted by atomic mass is 9.95. The van der Waals surface area contributed by atoms with Gasteiger partial charge in [0.2, 0.25) is 0 Å². The van der Waals surface area contributed by atoms with Gasteiger partial charge in [-0.25, -0.2) is 9.97 Å². The molecule has 0 amide bonds. The van der Waals surface area contributed by atoms with Crippen LogP contribution in [0, 0.1) is 0 Å². The minimum absolute atomic E-state index is 0.107. The maximum atomic E-state index is 13.6. The van der Waals surface area contributed by atoms with Crippen LogP contribution in [0.15, 0.2) is 64.5 Å². The highest BCUT2D eigenvalue weighted by Crippen LogP contribution is 2.32. The highest BCUT2D eigenvalue weighted by molar-refractivity contribution is 7.98. The largest absolute Gasteiger partial charge is 0.268 e. The molecule has 5 rings (SSSR count). The Balaban J connectivity index is 1.67. The predicted molar refractivity (Wildman–Crippen MR) is 128 cm³/mol. The molecular formula is C24H19Cl2N3OS. The number of para-hydroxylation sites is 1. The molecule has 0 atom stereocenters. The highest BCUT2D eigenvalue weighted by atomic mass is 35.5. The van der Waals surface area contributed by atoms with E-state index in [1.54, 1.807) is 4.57 Å². The van der Waals surface area contributed by atoms with Crippen molar-refractivity contribution in [3.63, 3.8) is 0 Å². The summed E-state index contributed by atoms with van der Waals surface area (Å²) < 4.78 is 1.66. The molecule has 1 aliphatic rings. The van der Waals surface area contributed by atoms with Crippen LogP contribution >= 0.6 is 35.0 Å². The first-order valence-corrected chi connectivity index (χ1v) is 11.9. The van der Waals surface area contributed by atoms with Gasteiger partial charge in [0.25, 0.3) is 5.56 Å².